The van der Waals surface area contributed by atoms with E-state index in [2.05, 4.69) is 4.98 Å². The lowest BCUT2D eigenvalue weighted by Gasteiger charge is -2.12. The SMILES string of the molecule is NC(Cc1cccc(Cl)c1F)c1cccnc1. The molecule has 1 atom stereocenters. The Morgan fingerprint density at radius 1 is 1.29 bits per heavy atom. The van der Waals surface area contributed by atoms with Gasteiger partial charge in [0.2, 0.25) is 0 Å². The summed E-state index contributed by atoms with van der Waals surface area (Å²) >= 11 is 5.72. The molecular formula is C13H12ClFN2. The molecule has 2 N–H and O–H groups in total. The third-order valence-electron chi connectivity index (χ3n) is 2.58. The fourth-order valence-electron chi connectivity index (χ4n) is 1.66. The largest absolute Gasteiger partial charge is 0.324 e. The van der Waals surface area contributed by atoms with Gasteiger partial charge in [-0.25, -0.2) is 4.39 Å². The van der Waals surface area contributed by atoms with Crippen molar-refractivity contribution in [2.45, 2.75) is 12.5 Å². The van der Waals surface area contributed by atoms with Crippen molar-refractivity contribution in [2.75, 3.05) is 0 Å². The van der Waals surface area contributed by atoms with Crippen LogP contribution in [-0.4, -0.2) is 4.98 Å². The molecule has 1 aromatic heterocycles. The number of hydrogen-bond acceptors (Lipinski definition) is 2. The first-order valence-corrected chi connectivity index (χ1v) is 5.64. The maximum Gasteiger partial charge on any atom is 0.145 e. The van der Waals surface area contributed by atoms with Gasteiger partial charge >= 0.3 is 0 Å². The third kappa shape index (κ3) is 2.81. The monoisotopic (exact) mass is 250 g/mol. The molecule has 1 unspecified atom stereocenters. The first-order valence-electron chi connectivity index (χ1n) is 5.27. The van der Waals surface area contributed by atoms with Gasteiger partial charge in [-0.15, -0.1) is 0 Å². The van der Waals surface area contributed by atoms with E-state index < -0.39 is 5.82 Å². The molecule has 0 saturated heterocycles. The predicted molar refractivity (Wildman–Crippen MR) is 66.3 cm³/mol. The Balaban J connectivity index is 2.19. The summed E-state index contributed by atoms with van der Waals surface area (Å²) in [7, 11) is 0. The summed E-state index contributed by atoms with van der Waals surface area (Å²) in [5, 5.41) is 0.126. The number of benzene rings is 1. The van der Waals surface area contributed by atoms with E-state index in [4.69, 9.17) is 17.3 Å². The van der Waals surface area contributed by atoms with Crippen molar-refractivity contribution in [2.24, 2.45) is 5.73 Å². The highest BCUT2D eigenvalue weighted by Crippen LogP contribution is 2.22. The van der Waals surface area contributed by atoms with E-state index >= 15 is 0 Å². The summed E-state index contributed by atoms with van der Waals surface area (Å²) in [5.41, 5.74) is 7.40. The Morgan fingerprint density at radius 3 is 2.82 bits per heavy atom. The molecule has 0 spiro atoms. The zero-order valence-electron chi connectivity index (χ0n) is 9.11. The molecule has 2 rings (SSSR count). The smallest absolute Gasteiger partial charge is 0.145 e. The lowest BCUT2D eigenvalue weighted by molar-refractivity contribution is 0.593. The standard InChI is InChI=1S/C13H12ClFN2/c14-11-5-1-3-9(13(11)15)7-12(16)10-4-2-6-17-8-10/h1-6,8,12H,7,16H2. The highest BCUT2D eigenvalue weighted by atomic mass is 35.5. The van der Waals surface area contributed by atoms with Crippen molar-refractivity contribution in [3.05, 3.63) is 64.7 Å². The number of nitrogens with zero attached hydrogens (tertiary/aromatic N) is 1. The minimum atomic E-state index is -0.395. The van der Waals surface area contributed by atoms with Crippen LogP contribution in [-0.2, 0) is 6.42 Å². The molecule has 0 aliphatic heterocycles. The van der Waals surface area contributed by atoms with Crippen molar-refractivity contribution in [1.29, 1.82) is 0 Å². The van der Waals surface area contributed by atoms with Crippen LogP contribution in [0.2, 0.25) is 5.02 Å². The number of pyridine rings is 1. The third-order valence-corrected chi connectivity index (χ3v) is 2.88. The van der Waals surface area contributed by atoms with Gasteiger partial charge in [0.15, 0.2) is 0 Å². The molecular weight excluding hydrogens is 239 g/mol. The van der Waals surface area contributed by atoms with Gasteiger partial charge in [0.05, 0.1) is 5.02 Å². The minimum absolute atomic E-state index is 0.126. The van der Waals surface area contributed by atoms with Gasteiger partial charge in [-0.3, -0.25) is 4.98 Å². The summed E-state index contributed by atoms with van der Waals surface area (Å²) < 4.78 is 13.7. The highest BCUT2D eigenvalue weighted by molar-refractivity contribution is 6.30. The number of nitrogens with two attached hydrogens (primary N) is 1. The van der Waals surface area contributed by atoms with Gasteiger partial charge in [0.25, 0.3) is 0 Å². The molecule has 2 aromatic rings. The number of halogens is 2. The van der Waals surface area contributed by atoms with Crippen LogP contribution in [0.15, 0.2) is 42.7 Å². The Kier molecular flexibility index (Phi) is 3.71. The van der Waals surface area contributed by atoms with Crippen LogP contribution in [0.1, 0.15) is 17.2 Å². The van der Waals surface area contributed by atoms with Gasteiger partial charge in [-0.05, 0) is 29.7 Å². The lowest BCUT2D eigenvalue weighted by Crippen LogP contribution is -2.14. The van der Waals surface area contributed by atoms with E-state index in [-0.39, 0.29) is 11.1 Å². The zero-order chi connectivity index (χ0) is 12.3. The zero-order valence-corrected chi connectivity index (χ0v) is 9.86. The van der Waals surface area contributed by atoms with Gasteiger partial charge in [0, 0.05) is 18.4 Å². The van der Waals surface area contributed by atoms with E-state index in [0.29, 0.717) is 12.0 Å². The Bertz CT molecular complexity index is 502. The lowest BCUT2D eigenvalue weighted by atomic mass is 10.0. The van der Waals surface area contributed by atoms with Gasteiger partial charge < -0.3 is 5.73 Å². The normalized spacial score (nSPS) is 12.4. The molecule has 0 amide bonds. The molecule has 2 nitrogen and oxygen atoms in total. The van der Waals surface area contributed by atoms with Crippen LogP contribution in [0.5, 0.6) is 0 Å². The molecule has 4 heteroatoms. The number of aromatic nitrogens is 1. The van der Waals surface area contributed by atoms with E-state index in [1.165, 1.54) is 6.07 Å². The summed E-state index contributed by atoms with van der Waals surface area (Å²) in [5.74, 6) is -0.395. The van der Waals surface area contributed by atoms with Crippen LogP contribution < -0.4 is 5.73 Å². The maximum absolute atomic E-state index is 13.7. The summed E-state index contributed by atoms with van der Waals surface area (Å²) in [6, 6.07) is 8.34. The number of rotatable bonds is 3. The molecule has 0 saturated carbocycles. The molecule has 0 aliphatic rings. The van der Waals surface area contributed by atoms with Crippen LogP contribution in [0, 0.1) is 5.82 Å². The second-order valence-corrected chi connectivity index (χ2v) is 4.22. The van der Waals surface area contributed by atoms with Crippen LogP contribution in [0.25, 0.3) is 0 Å². The Labute approximate surface area is 104 Å². The average Bonchev–Trinajstić information content (AvgIpc) is 2.36. The molecule has 17 heavy (non-hydrogen) atoms. The quantitative estimate of drug-likeness (QED) is 0.909. The summed E-state index contributed by atoms with van der Waals surface area (Å²) in [4.78, 5) is 3.99. The highest BCUT2D eigenvalue weighted by Gasteiger charge is 2.12. The first-order chi connectivity index (χ1) is 8.18. The topological polar surface area (TPSA) is 38.9 Å². The molecule has 0 bridgehead atoms. The predicted octanol–water partition coefficient (Wildman–Crippen LogP) is 3.12. The first kappa shape index (κ1) is 12.0. The van der Waals surface area contributed by atoms with E-state index in [1.54, 1.807) is 24.5 Å². The van der Waals surface area contributed by atoms with E-state index in [9.17, 15) is 4.39 Å². The molecule has 1 aromatic carbocycles. The molecule has 0 radical (unpaired) electrons. The molecule has 1 heterocycles. The average molecular weight is 251 g/mol. The van der Waals surface area contributed by atoms with Crippen molar-refractivity contribution in [1.82, 2.24) is 4.98 Å². The van der Waals surface area contributed by atoms with Crippen molar-refractivity contribution in [3.8, 4) is 0 Å². The second-order valence-electron chi connectivity index (χ2n) is 3.81. The van der Waals surface area contributed by atoms with Gasteiger partial charge in [-0.2, -0.15) is 0 Å². The Morgan fingerprint density at radius 2 is 2.12 bits per heavy atom. The van der Waals surface area contributed by atoms with E-state index in [1.807, 2.05) is 12.1 Å². The second kappa shape index (κ2) is 5.25. The fourth-order valence-corrected chi connectivity index (χ4v) is 1.85. The van der Waals surface area contributed by atoms with E-state index in [0.717, 1.165) is 5.56 Å². The van der Waals surface area contributed by atoms with Crippen LogP contribution >= 0.6 is 11.6 Å². The van der Waals surface area contributed by atoms with Crippen molar-refractivity contribution < 1.29 is 4.39 Å². The molecule has 0 fully saturated rings. The van der Waals surface area contributed by atoms with Crippen molar-refractivity contribution >= 4 is 11.6 Å². The van der Waals surface area contributed by atoms with Gasteiger partial charge in [-0.1, -0.05) is 29.8 Å². The molecule has 0 aliphatic carbocycles. The fraction of sp³-hybridized carbons (Fsp3) is 0.154. The number of hydrogen-bond donors (Lipinski definition) is 1. The Hall–Kier alpha value is -1.45. The maximum atomic E-state index is 13.7. The summed E-state index contributed by atoms with van der Waals surface area (Å²) in [6.07, 6.45) is 3.77. The van der Waals surface area contributed by atoms with Crippen LogP contribution in [0.3, 0.4) is 0 Å². The molecule has 88 valence electrons. The van der Waals surface area contributed by atoms with Gasteiger partial charge in [0.1, 0.15) is 5.82 Å². The van der Waals surface area contributed by atoms with Crippen LogP contribution in [0.4, 0.5) is 4.39 Å². The van der Waals surface area contributed by atoms with Crippen molar-refractivity contribution in [3.63, 3.8) is 0 Å². The summed E-state index contributed by atoms with van der Waals surface area (Å²) in [6.45, 7) is 0. The minimum Gasteiger partial charge on any atom is -0.324 e.